The van der Waals surface area contributed by atoms with E-state index in [1.807, 2.05) is 0 Å². The quantitative estimate of drug-likeness (QED) is 0.732. The molecule has 0 unspecified atom stereocenters. The van der Waals surface area contributed by atoms with Crippen LogP contribution in [0.1, 0.15) is 40.5 Å². The SMILES string of the molecule is CC(C)=C[C@@H]1[C@@H](C(=O)N2C[C@@H]3[C@H](C2)[C@H]2CC[C@H]3O2)C1(C)C. The molecule has 3 nitrogen and oxygen atoms in total. The fraction of sp³-hybridized carbons (Fsp3) is 0.833. The Kier molecular flexibility index (Phi) is 2.86. The summed E-state index contributed by atoms with van der Waals surface area (Å²) in [6, 6.07) is 0. The van der Waals surface area contributed by atoms with Crippen LogP contribution in [-0.4, -0.2) is 36.1 Å². The van der Waals surface area contributed by atoms with Crippen LogP contribution in [0.4, 0.5) is 0 Å². The highest BCUT2D eigenvalue weighted by atomic mass is 16.5. The van der Waals surface area contributed by atoms with Gasteiger partial charge in [-0.1, -0.05) is 25.5 Å². The molecule has 3 aliphatic heterocycles. The van der Waals surface area contributed by atoms with Crippen molar-refractivity contribution in [1.29, 1.82) is 0 Å². The first-order chi connectivity index (χ1) is 9.89. The third-order valence-corrected chi connectivity index (χ3v) is 6.45. The Hall–Kier alpha value is -0.830. The van der Waals surface area contributed by atoms with Crippen molar-refractivity contribution in [2.45, 2.75) is 52.7 Å². The van der Waals surface area contributed by atoms with Gasteiger partial charge in [-0.3, -0.25) is 4.79 Å². The van der Waals surface area contributed by atoms with Crippen molar-refractivity contribution in [3.8, 4) is 0 Å². The molecule has 4 aliphatic rings. The van der Waals surface area contributed by atoms with Crippen molar-refractivity contribution in [3.05, 3.63) is 11.6 Å². The summed E-state index contributed by atoms with van der Waals surface area (Å²) in [4.78, 5) is 15.1. The molecule has 1 saturated carbocycles. The van der Waals surface area contributed by atoms with E-state index >= 15 is 0 Å². The molecule has 4 fully saturated rings. The number of rotatable bonds is 2. The van der Waals surface area contributed by atoms with Crippen LogP contribution in [0.3, 0.4) is 0 Å². The van der Waals surface area contributed by atoms with Gasteiger partial charge in [-0.25, -0.2) is 0 Å². The summed E-state index contributed by atoms with van der Waals surface area (Å²) in [5.41, 5.74) is 1.47. The standard InChI is InChI=1S/C18H27NO2/c1-10(2)7-13-16(18(13,3)4)17(20)19-8-11-12(9-19)15-6-5-14(11)21-15/h7,11-16H,5-6,8-9H2,1-4H3/t11-,12+,13-,14-,15-,16+/m1/s1. The third-order valence-electron chi connectivity index (χ3n) is 6.45. The van der Waals surface area contributed by atoms with Crippen LogP contribution in [0.2, 0.25) is 0 Å². The van der Waals surface area contributed by atoms with Gasteiger partial charge in [0.15, 0.2) is 0 Å². The summed E-state index contributed by atoms with van der Waals surface area (Å²) in [6.07, 6.45) is 5.61. The lowest BCUT2D eigenvalue weighted by atomic mass is 9.82. The highest BCUT2D eigenvalue weighted by Gasteiger charge is 2.63. The van der Waals surface area contributed by atoms with E-state index in [4.69, 9.17) is 4.74 Å². The number of allylic oxidation sites excluding steroid dienone is 2. The van der Waals surface area contributed by atoms with Crippen molar-refractivity contribution in [1.82, 2.24) is 4.90 Å². The van der Waals surface area contributed by atoms with Gasteiger partial charge in [-0.15, -0.1) is 0 Å². The van der Waals surface area contributed by atoms with Gasteiger partial charge in [0.1, 0.15) is 0 Å². The average molecular weight is 289 g/mol. The Morgan fingerprint density at radius 3 is 2.24 bits per heavy atom. The summed E-state index contributed by atoms with van der Waals surface area (Å²) >= 11 is 0. The molecule has 0 N–H and O–H groups in total. The lowest BCUT2D eigenvalue weighted by molar-refractivity contribution is -0.133. The van der Waals surface area contributed by atoms with Gasteiger partial charge in [0, 0.05) is 24.9 Å². The first-order valence-corrected chi connectivity index (χ1v) is 8.49. The molecular formula is C18H27NO2. The number of nitrogens with zero attached hydrogens (tertiary/aromatic N) is 1. The molecule has 0 aromatic carbocycles. The first kappa shape index (κ1) is 13.8. The topological polar surface area (TPSA) is 29.5 Å². The molecule has 1 aliphatic carbocycles. The molecule has 0 aromatic heterocycles. The van der Waals surface area contributed by atoms with Crippen molar-refractivity contribution in [3.63, 3.8) is 0 Å². The maximum absolute atomic E-state index is 12.9. The Labute approximate surface area is 127 Å². The molecule has 2 bridgehead atoms. The largest absolute Gasteiger partial charge is 0.374 e. The van der Waals surface area contributed by atoms with Gasteiger partial charge < -0.3 is 9.64 Å². The molecule has 0 radical (unpaired) electrons. The van der Waals surface area contributed by atoms with Crippen molar-refractivity contribution >= 4 is 5.91 Å². The van der Waals surface area contributed by atoms with Crippen molar-refractivity contribution in [2.75, 3.05) is 13.1 Å². The smallest absolute Gasteiger partial charge is 0.226 e. The summed E-state index contributed by atoms with van der Waals surface area (Å²) < 4.78 is 6.01. The second kappa shape index (κ2) is 4.34. The number of carbonyl (C=O) groups is 1. The van der Waals surface area contributed by atoms with Gasteiger partial charge in [-0.05, 0) is 38.0 Å². The molecule has 0 aromatic rings. The van der Waals surface area contributed by atoms with E-state index in [0.717, 1.165) is 13.1 Å². The maximum atomic E-state index is 12.9. The third kappa shape index (κ3) is 1.93. The van der Waals surface area contributed by atoms with Gasteiger partial charge in [0.25, 0.3) is 0 Å². The van der Waals surface area contributed by atoms with E-state index in [9.17, 15) is 4.79 Å². The van der Waals surface area contributed by atoms with Crippen LogP contribution >= 0.6 is 0 Å². The molecule has 21 heavy (non-hydrogen) atoms. The fourth-order valence-corrected chi connectivity index (χ4v) is 5.16. The fourth-order valence-electron chi connectivity index (χ4n) is 5.16. The molecule has 0 spiro atoms. The Balaban J connectivity index is 1.47. The van der Waals surface area contributed by atoms with E-state index in [1.54, 1.807) is 0 Å². The van der Waals surface area contributed by atoms with Gasteiger partial charge >= 0.3 is 0 Å². The monoisotopic (exact) mass is 289 g/mol. The Bertz CT molecular complexity index is 487. The maximum Gasteiger partial charge on any atom is 0.226 e. The predicted molar refractivity (Wildman–Crippen MR) is 81.6 cm³/mol. The molecule has 6 atom stereocenters. The number of hydrogen-bond donors (Lipinski definition) is 0. The minimum absolute atomic E-state index is 0.140. The van der Waals surface area contributed by atoms with Crippen LogP contribution in [0.25, 0.3) is 0 Å². The molecular weight excluding hydrogens is 262 g/mol. The van der Waals surface area contributed by atoms with Crippen LogP contribution in [-0.2, 0) is 9.53 Å². The molecule has 1 amide bonds. The van der Waals surface area contributed by atoms with Crippen LogP contribution < -0.4 is 0 Å². The predicted octanol–water partition coefficient (Wildman–Crippen LogP) is 2.86. The highest BCUT2D eigenvalue weighted by Crippen LogP contribution is 2.60. The second-order valence-electron chi connectivity index (χ2n) is 8.43. The summed E-state index contributed by atoms with van der Waals surface area (Å²) in [6.45, 7) is 10.6. The van der Waals surface area contributed by atoms with Gasteiger partial charge in [0.2, 0.25) is 5.91 Å². The zero-order valence-electron chi connectivity index (χ0n) is 13.6. The highest BCUT2D eigenvalue weighted by molar-refractivity contribution is 5.84. The summed E-state index contributed by atoms with van der Waals surface area (Å²) in [5.74, 6) is 2.28. The van der Waals surface area contributed by atoms with Crippen LogP contribution in [0.5, 0.6) is 0 Å². The van der Waals surface area contributed by atoms with Crippen molar-refractivity contribution in [2.24, 2.45) is 29.1 Å². The minimum Gasteiger partial charge on any atom is -0.374 e. The van der Waals surface area contributed by atoms with E-state index < -0.39 is 0 Å². The number of hydrogen-bond acceptors (Lipinski definition) is 2. The van der Waals surface area contributed by atoms with Crippen LogP contribution in [0, 0.1) is 29.1 Å². The minimum atomic E-state index is 0.140. The lowest BCUT2D eigenvalue weighted by Gasteiger charge is -2.19. The first-order valence-electron chi connectivity index (χ1n) is 8.49. The van der Waals surface area contributed by atoms with E-state index in [1.165, 1.54) is 18.4 Å². The van der Waals surface area contributed by atoms with Crippen molar-refractivity contribution < 1.29 is 9.53 Å². The normalized spacial score (nSPS) is 45.6. The number of fused-ring (bicyclic) bond motifs is 5. The molecule has 3 saturated heterocycles. The number of carbonyl (C=O) groups excluding carboxylic acids is 1. The Morgan fingerprint density at radius 2 is 1.71 bits per heavy atom. The van der Waals surface area contributed by atoms with Gasteiger partial charge in [0.05, 0.1) is 18.1 Å². The molecule has 3 heterocycles. The molecule has 4 rings (SSSR count). The van der Waals surface area contributed by atoms with E-state index in [-0.39, 0.29) is 11.3 Å². The lowest BCUT2D eigenvalue weighted by Crippen LogP contribution is -2.33. The molecule has 3 heteroatoms. The Morgan fingerprint density at radius 1 is 1.14 bits per heavy atom. The van der Waals surface area contributed by atoms with E-state index in [2.05, 4.69) is 38.7 Å². The second-order valence-corrected chi connectivity index (χ2v) is 8.43. The van der Waals surface area contributed by atoms with Gasteiger partial charge in [-0.2, -0.15) is 0 Å². The van der Waals surface area contributed by atoms with Crippen LogP contribution in [0.15, 0.2) is 11.6 Å². The summed E-state index contributed by atoms with van der Waals surface area (Å²) in [5, 5.41) is 0. The number of ether oxygens (including phenoxy) is 1. The zero-order valence-corrected chi connectivity index (χ0v) is 13.6. The molecule has 116 valence electrons. The zero-order chi connectivity index (χ0) is 14.9. The van der Waals surface area contributed by atoms with E-state index in [0.29, 0.717) is 35.9 Å². The summed E-state index contributed by atoms with van der Waals surface area (Å²) in [7, 11) is 0. The number of likely N-dealkylation sites (tertiary alicyclic amines) is 1. The number of amides is 1. The average Bonchev–Trinajstić information content (AvgIpc) is 2.93.